The number of hydrogen-bond donors (Lipinski definition) is 1. The first-order chi connectivity index (χ1) is 8.92. The van der Waals surface area contributed by atoms with E-state index in [0.717, 1.165) is 13.0 Å². The Morgan fingerprint density at radius 2 is 1.89 bits per heavy atom. The summed E-state index contributed by atoms with van der Waals surface area (Å²) in [5.41, 5.74) is 3.02. The van der Waals surface area contributed by atoms with Crippen LogP contribution in [0.2, 0.25) is 0 Å². The number of benzene rings is 1. The maximum atomic E-state index is 3.62. The SMILES string of the molecule is C1=C(N2CCCC2)CC(Cc2ccccc2)NC1. The summed E-state index contributed by atoms with van der Waals surface area (Å²) in [5.74, 6) is 0. The lowest BCUT2D eigenvalue weighted by atomic mass is 9.99. The first kappa shape index (κ1) is 11.8. The third-order valence-corrected chi connectivity index (χ3v) is 4.04. The Hall–Kier alpha value is -1.28. The van der Waals surface area contributed by atoms with Gasteiger partial charge in [-0.25, -0.2) is 0 Å². The lowest BCUT2D eigenvalue weighted by molar-refractivity contribution is 0.365. The smallest absolute Gasteiger partial charge is 0.0175 e. The molecule has 96 valence electrons. The quantitative estimate of drug-likeness (QED) is 0.876. The molecule has 1 N–H and O–H groups in total. The van der Waals surface area contributed by atoms with Crippen LogP contribution in [0.4, 0.5) is 0 Å². The van der Waals surface area contributed by atoms with Crippen LogP contribution in [0.5, 0.6) is 0 Å². The molecule has 0 bridgehead atoms. The predicted octanol–water partition coefficient (Wildman–Crippen LogP) is 2.57. The molecule has 1 aromatic rings. The van der Waals surface area contributed by atoms with Gasteiger partial charge in [-0.2, -0.15) is 0 Å². The molecule has 0 radical (unpaired) electrons. The van der Waals surface area contributed by atoms with Crippen LogP contribution in [0.1, 0.15) is 24.8 Å². The Kier molecular flexibility index (Phi) is 3.65. The van der Waals surface area contributed by atoms with E-state index in [0.29, 0.717) is 6.04 Å². The van der Waals surface area contributed by atoms with Crippen molar-refractivity contribution in [3.8, 4) is 0 Å². The third-order valence-electron chi connectivity index (χ3n) is 4.04. The fourth-order valence-electron chi connectivity index (χ4n) is 3.06. The molecule has 2 heteroatoms. The number of hydrogen-bond acceptors (Lipinski definition) is 2. The molecule has 3 rings (SSSR count). The highest BCUT2D eigenvalue weighted by Gasteiger charge is 2.21. The van der Waals surface area contributed by atoms with Gasteiger partial charge >= 0.3 is 0 Å². The van der Waals surface area contributed by atoms with Gasteiger partial charge in [0.1, 0.15) is 0 Å². The Balaban J connectivity index is 1.60. The molecule has 1 fully saturated rings. The zero-order valence-corrected chi connectivity index (χ0v) is 10.9. The van der Waals surface area contributed by atoms with Crippen molar-refractivity contribution in [3.05, 3.63) is 47.7 Å². The zero-order valence-electron chi connectivity index (χ0n) is 10.9. The van der Waals surface area contributed by atoms with Crippen LogP contribution in [-0.2, 0) is 6.42 Å². The molecule has 1 atom stereocenters. The van der Waals surface area contributed by atoms with Crippen LogP contribution in [0.3, 0.4) is 0 Å². The predicted molar refractivity (Wildman–Crippen MR) is 75.4 cm³/mol. The van der Waals surface area contributed by atoms with E-state index in [4.69, 9.17) is 0 Å². The van der Waals surface area contributed by atoms with Crippen molar-refractivity contribution in [2.45, 2.75) is 31.7 Å². The second-order valence-electron chi connectivity index (χ2n) is 5.39. The third kappa shape index (κ3) is 2.75. The minimum atomic E-state index is 0.605. The summed E-state index contributed by atoms with van der Waals surface area (Å²) in [7, 11) is 0. The lowest BCUT2D eigenvalue weighted by Gasteiger charge is -2.30. The van der Waals surface area contributed by atoms with Gasteiger partial charge in [-0.15, -0.1) is 0 Å². The fraction of sp³-hybridized carbons (Fsp3) is 0.500. The molecule has 1 unspecified atom stereocenters. The maximum Gasteiger partial charge on any atom is 0.0175 e. The standard InChI is InChI=1S/C16H22N2/c1-2-6-14(7-3-1)12-15-13-16(8-9-17-15)18-10-4-5-11-18/h1-3,6-8,15,17H,4-5,9-13H2. The number of likely N-dealkylation sites (tertiary alicyclic amines) is 1. The van der Waals surface area contributed by atoms with Crippen LogP contribution in [-0.4, -0.2) is 30.6 Å². The molecule has 0 spiro atoms. The molecule has 0 aliphatic carbocycles. The zero-order chi connectivity index (χ0) is 12.2. The average Bonchev–Trinajstić information content (AvgIpc) is 2.94. The number of rotatable bonds is 3. The molecule has 2 nitrogen and oxygen atoms in total. The maximum absolute atomic E-state index is 3.62. The van der Waals surface area contributed by atoms with E-state index in [1.807, 2.05) is 0 Å². The van der Waals surface area contributed by atoms with E-state index in [1.54, 1.807) is 5.70 Å². The summed E-state index contributed by atoms with van der Waals surface area (Å²) in [6.07, 6.45) is 7.45. The highest BCUT2D eigenvalue weighted by molar-refractivity contribution is 5.18. The molecular weight excluding hydrogens is 220 g/mol. The first-order valence-corrected chi connectivity index (χ1v) is 7.13. The van der Waals surface area contributed by atoms with Crippen molar-refractivity contribution in [2.24, 2.45) is 0 Å². The summed E-state index contributed by atoms with van der Waals surface area (Å²) >= 11 is 0. The Morgan fingerprint density at radius 1 is 1.11 bits per heavy atom. The molecule has 2 aliphatic rings. The Labute approximate surface area is 110 Å². The van der Waals surface area contributed by atoms with Gasteiger partial charge in [0.25, 0.3) is 0 Å². The molecule has 1 aromatic carbocycles. The topological polar surface area (TPSA) is 15.3 Å². The van der Waals surface area contributed by atoms with Crippen LogP contribution in [0, 0.1) is 0 Å². The Bertz CT molecular complexity index is 404. The molecule has 0 saturated carbocycles. The average molecular weight is 242 g/mol. The van der Waals surface area contributed by atoms with Crippen LogP contribution < -0.4 is 5.32 Å². The molecule has 0 aromatic heterocycles. The second kappa shape index (κ2) is 5.57. The summed E-state index contributed by atoms with van der Waals surface area (Å²) in [5, 5.41) is 3.62. The lowest BCUT2D eigenvalue weighted by Crippen LogP contribution is -2.38. The fourth-order valence-corrected chi connectivity index (χ4v) is 3.06. The van der Waals surface area contributed by atoms with Gasteiger partial charge in [-0.05, 0) is 24.8 Å². The van der Waals surface area contributed by atoms with E-state index in [9.17, 15) is 0 Å². The monoisotopic (exact) mass is 242 g/mol. The largest absolute Gasteiger partial charge is 0.375 e. The summed E-state index contributed by atoms with van der Waals surface area (Å²) in [4.78, 5) is 2.58. The van der Waals surface area contributed by atoms with Crippen LogP contribution in [0.15, 0.2) is 42.1 Å². The highest BCUT2D eigenvalue weighted by atomic mass is 15.2. The second-order valence-corrected chi connectivity index (χ2v) is 5.39. The van der Waals surface area contributed by atoms with Gasteiger partial charge in [0.05, 0.1) is 0 Å². The van der Waals surface area contributed by atoms with Crippen molar-refractivity contribution in [3.63, 3.8) is 0 Å². The van der Waals surface area contributed by atoms with Gasteiger partial charge in [0.15, 0.2) is 0 Å². The minimum absolute atomic E-state index is 0.605. The molecule has 0 amide bonds. The van der Waals surface area contributed by atoms with Crippen molar-refractivity contribution < 1.29 is 0 Å². The van der Waals surface area contributed by atoms with E-state index in [1.165, 1.54) is 37.9 Å². The van der Waals surface area contributed by atoms with Crippen molar-refractivity contribution >= 4 is 0 Å². The first-order valence-electron chi connectivity index (χ1n) is 7.13. The molecule has 2 aliphatic heterocycles. The van der Waals surface area contributed by atoms with Gasteiger partial charge in [-0.3, -0.25) is 0 Å². The van der Waals surface area contributed by atoms with Crippen molar-refractivity contribution in [1.82, 2.24) is 10.2 Å². The van der Waals surface area contributed by atoms with Crippen LogP contribution >= 0.6 is 0 Å². The summed E-state index contributed by atoms with van der Waals surface area (Å²) < 4.78 is 0. The molecule has 18 heavy (non-hydrogen) atoms. The highest BCUT2D eigenvalue weighted by Crippen LogP contribution is 2.22. The molecule has 1 saturated heterocycles. The van der Waals surface area contributed by atoms with Crippen molar-refractivity contribution in [2.75, 3.05) is 19.6 Å². The Morgan fingerprint density at radius 3 is 2.67 bits per heavy atom. The van der Waals surface area contributed by atoms with E-state index >= 15 is 0 Å². The van der Waals surface area contributed by atoms with Gasteiger partial charge in [0.2, 0.25) is 0 Å². The number of nitrogens with zero attached hydrogens (tertiary/aromatic N) is 1. The summed E-state index contributed by atoms with van der Waals surface area (Å²) in [6, 6.07) is 11.4. The summed E-state index contributed by atoms with van der Waals surface area (Å²) in [6.45, 7) is 3.57. The van der Waals surface area contributed by atoms with E-state index in [2.05, 4.69) is 46.6 Å². The van der Waals surface area contributed by atoms with Crippen LogP contribution in [0.25, 0.3) is 0 Å². The number of nitrogens with one attached hydrogen (secondary N) is 1. The van der Waals surface area contributed by atoms with E-state index < -0.39 is 0 Å². The van der Waals surface area contributed by atoms with E-state index in [-0.39, 0.29) is 0 Å². The molecular formula is C16H22N2. The van der Waals surface area contributed by atoms with Gasteiger partial charge < -0.3 is 10.2 Å². The van der Waals surface area contributed by atoms with Crippen molar-refractivity contribution in [1.29, 1.82) is 0 Å². The van der Waals surface area contributed by atoms with Gasteiger partial charge in [-0.1, -0.05) is 36.4 Å². The minimum Gasteiger partial charge on any atom is -0.375 e. The van der Waals surface area contributed by atoms with Gasteiger partial charge in [0, 0.05) is 37.8 Å². The molecule has 2 heterocycles. The normalized spacial score (nSPS) is 24.1.